The van der Waals surface area contributed by atoms with Crippen molar-refractivity contribution < 1.29 is 0 Å². The van der Waals surface area contributed by atoms with E-state index in [2.05, 4.69) is 55.3 Å². The number of fused-ring (bicyclic) bond motifs is 1. The Kier molecular flexibility index (Phi) is 4.19. The number of hydrogen-bond donors (Lipinski definition) is 1. The quantitative estimate of drug-likeness (QED) is 0.844. The molecule has 0 saturated heterocycles. The zero-order chi connectivity index (χ0) is 13.0. The number of anilines is 1. The maximum absolute atomic E-state index is 4.61. The largest absolute Gasteiger partial charge is 0.384 e. The van der Waals surface area contributed by atoms with Crippen molar-refractivity contribution in [2.24, 2.45) is 0 Å². The van der Waals surface area contributed by atoms with Gasteiger partial charge in [-0.1, -0.05) is 26.3 Å². The third-order valence-electron chi connectivity index (χ3n) is 3.11. The van der Waals surface area contributed by atoms with Gasteiger partial charge in [-0.3, -0.25) is 4.98 Å². The second-order valence-corrected chi connectivity index (χ2v) is 4.84. The summed E-state index contributed by atoms with van der Waals surface area (Å²) >= 11 is 0. The molecule has 0 radical (unpaired) electrons. The standard InChI is InChI=1S/C16H22N2/c1-4-6-13-7-8-15-14(11-13)16(17-9-5-2)10-12(3)18-15/h7-8,10-11H,4-6,9H2,1-3H3,(H,17,18). The summed E-state index contributed by atoms with van der Waals surface area (Å²) in [5, 5.41) is 4.76. The fourth-order valence-electron chi connectivity index (χ4n) is 2.26. The van der Waals surface area contributed by atoms with Crippen molar-refractivity contribution in [2.75, 3.05) is 11.9 Å². The highest BCUT2D eigenvalue weighted by atomic mass is 14.9. The third kappa shape index (κ3) is 2.81. The summed E-state index contributed by atoms with van der Waals surface area (Å²) in [7, 11) is 0. The molecule has 0 fully saturated rings. The zero-order valence-electron chi connectivity index (χ0n) is 11.6. The van der Waals surface area contributed by atoms with E-state index in [0.717, 1.165) is 30.6 Å². The van der Waals surface area contributed by atoms with Crippen molar-refractivity contribution in [3.63, 3.8) is 0 Å². The smallest absolute Gasteiger partial charge is 0.0726 e. The van der Waals surface area contributed by atoms with Gasteiger partial charge in [0, 0.05) is 23.3 Å². The number of aryl methyl sites for hydroxylation is 2. The topological polar surface area (TPSA) is 24.9 Å². The molecule has 0 saturated carbocycles. The van der Waals surface area contributed by atoms with E-state index in [4.69, 9.17) is 0 Å². The van der Waals surface area contributed by atoms with Gasteiger partial charge in [0.2, 0.25) is 0 Å². The number of nitrogens with zero attached hydrogens (tertiary/aromatic N) is 1. The second kappa shape index (κ2) is 5.85. The predicted molar refractivity (Wildman–Crippen MR) is 79.3 cm³/mol. The van der Waals surface area contributed by atoms with E-state index in [1.165, 1.54) is 23.1 Å². The summed E-state index contributed by atoms with van der Waals surface area (Å²) in [6.45, 7) is 7.46. The molecule has 2 heteroatoms. The lowest BCUT2D eigenvalue weighted by molar-refractivity contribution is 0.923. The SMILES string of the molecule is CCCNc1cc(C)nc2ccc(CCC)cc12. The maximum Gasteiger partial charge on any atom is 0.0726 e. The van der Waals surface area contributed by atoms with Crippen LogP contribution in [0, 0.1) is 6.92 Å². The van der Waals surface area contributed by atoms with Crippen molar-refractivity contribution >= 4 is 16.6 Å². The van der Waals surface area contributed by atoms with Crippen LogP contribution in [0.25, 0.3) is 10.9 Å². The maximum atomic E-state index is 4.61. The molecule has 0 atom stereocenters. The second-order valence-electron chi connectivity index (χ2n) is 4.84. The average molecular weight is 242 g/mol. The van der Waals surface area contributed by atoms with Crippen molar-refractivity contribution in [1.29, 1.82) is 0 Å². The fraction of sp³-hybridized carbons (Fsp3) is 0.438. The summed E-state index contributed by atoms with van der Waals surface area (Å²) in [6, 6.07) is 8.77. The normalized spacial score (nSPS) is 10.8. The van der Waals surface area contributed by atoms with E-state index >= 15 is 0 Å². The Labute approximate surface area is 109 Å². The highest BCUT2D eigenvalue weighted by Gasteiger charge is 2.04. The molecular weight excluding hydrogens is 220 g/mol. The van der Waals surface area contributed by atoms with Crippen LogP contribution < -0.4 is 5.32 Å². The van der Waals surface area contributed by atoms with Gasteiger partial charge in [0.25, 0.3) is 0 Å². The number of hydrogen-bond acceptors (Lipinski definition) is 2. The molecular formula is C16H22N2. The summed E-state index contributed by atoms with van der Waals surface area (Å²) in [6.07, 6.45) is 3.46. The first-order valence-corrected chi connectivity index (χ1v) is 6.88. The lowest BCUT2D eigenvalue weighted by atomic mass is 10.1. The molecule has 2 aromatic rings. The number of benzene rings is 1. The van der Waals surface area contributed by atoms with E-state index in [1.807, 2.05) is 0 Å². The van der Waals surface area contributed by atoms with Crippen LogP contribution in [0.3, 0.4) is 0 Å². The van der Waals surface area contributed by atoms with Gasteiger partial charge >= 0.3 is 0 Å². The first kappa shape index (κ1) is 12.9. The van der Waals surface area contributed by atoms with Gasteiger partial charge in [-0.15, -0.1) is 0 Å². The van der Waals surface area contributed by atoms with E-state index in [-0.39, 0.29) is 0 Å². The minimum Gasteiger partial charge on any atom is -0.384 e. The molecule has 0 aliphatic carbocycles. The van der Waals surface area contributed by atoms with Crippen molar-refractivity contribution in [3.05, 3.63) is 35.5 Å². The molecule has 96 valence electrons. The average Bonchev–Trinajstić information content (AvgIpc) is 2.36. The molecule has 0 aliphatic rings. The highest BCUT2D eigenvalue weighted by Crippen LogP contribution is 2.25. The Morgan fingerprint density at radius 3 is 2.67 bits per heavy atom. The van der Waals surface area contributed by atoms with E-state index < -0.39 is 0 Å². The first-order chi connectivity index (χ1) is 8.74. The number of nitrogens with one attached hydrogen (secondary N) is 1. The van der Waals surface area contributed by atoms with Crippen molar-refractivity contribution in [3.8, 4) is 0 Å². The Morgan fingerprint density at radius 2 is 1.94 bits per heavy atom. The molecule has 1 aromatic heterocycles. The predicted octanol–water partition coefficient (Wildman–Crippen LogP) is 4.32. The zero-order valence-corrected chi connectivity index (χ0v) is 11.6. The lowest BCUT2D eigenvalue weighted by Gasteiger charge is -2.11. The number of pyridine rings is 1. The Morgan fingerprint density at radius 1 is 1.11 bits per heavy atom. The van der Waals surface area contributed by atoms with E-state index in [1.54, 1.807) is 0 Å². The van der Waals surface area contributed by atoms with E-state index in [9.17, 15) is 0 Å². The summed E-state index contributed by atoms with van der Waals surface area (Å²) in [5.74, 6) is 0. The van der Waals surface area contributed by atoms with Gasteiger partial charge < -0.3 is 5.32 Å². The van der Waals surface area contributed by atoms with Gasteiger partial charge in [-0.05, 0) is 43.5 Å². The Balaban J connectivity index is 2.47. The third-order valence-corrected chi connectivity index (χ3v) is 3.11. The molecule has 0 spiro atoms. The van der Waals surface area contributed by atoms with Gasteiger partial charge in [0.05, 0.1) is 5.52 Å². The molecule has 1 heterocycles. The van der Waals surface area contributed by atoms with Crippen LogP contribution in [-0.2, 0) is 6.42 Å². The van der Waals surface area contributed by atoms with Crippen LogP contribution in [0.5, 0.6) is 0 Å². The molecule has 2 rings (SSSR count). The first-order valence-electron chi connectivity index (χ1n) is 6.88. The molecule has 18 heavy (non-hydrogen) atoms. The van der Waals surface area contributed by atoms with Crippen LogP contribution in [0.1, 0.15) is 37.9 Å². The lowest BCUT2D eigenvalue weighted by Crippen LogP contribution is -2.02. The fourth-order valence-corrected chi connectivity index (χ4v) is 2.26. The van der Waals surface area contributed by atoms with Crippen molar-refractivity contribution in [1.82, 2.24) is 4.98 Å². The van der Waals surface area contributed by atoms with E-state index in [0.29, 0.717) is 0 Å². The van der Waals surface area contributed by atoms with Gasteiger partial charge in [-0.25, -0.2) is 0 Å². The minimum absolute atomic E-state index is 1.01. The van der Waals surface area contributed by atoms with Gasteiger partial charge in [0.1, 0.15) is 0 Å². The molecule has 1 N–H and O–H groups in total. The summed E-state index contributed by atoms with van der Waals surface area (Å²) < 4.78 is 0. The highest BCUT2D eigenvalue weighted by molar-refractivity contribution is 5.92. The molecule has 0 aliphatic heterocycles. The van der Waals surface area contributed by atoms with Gasteiger partial charge in [-0.2, -0.15) is 0 Å². The minimum atomic E-state index is 1.01. The Bertz CT molecular complexity index is 532. The van der Waals surface area contributed by atoms with Crippen LogP contribution in [0.4, 0.5) is 5.69 Å². The monoisotopic (exact) mass is 242 g/mol. The van der Waals surface area contributed by atoms with Crippen LogP contribution >= 0.6 is 0 Å². The van der Waals surface area contributed by atoms with Crippen LogP contribution in [-0.4, -0.2) is 11.5 Å². The molecule has 1 aromatic carbocycles. The number of rotatable bonds is 5. The summed E-state index contributed by atoms with van der Waals surface area (Å²) in [4.78, 5) is 4.61. The van der Waals surface area contributed by atoms with Gasteiger partial charge in [0.15, 0.2) is 0 Å². The molecule has 2 nitrogen and oxygen atoms in total. The van der Waals surface area contributed by atoms with Crippen LogP contribution in [0.15, 0.2) is 24.3 Å². The van der Waals surface area contributed by atoms with Crippen LogP contribution in [0.2, 0.25) is 0 Å². The molecule has 0 bridgehead atoms. The summed E-state index contributed by atoms with van der Waals surface area (Å²) in [5.41, 5.74) is 4.78. The molecule has 0 amide bonds. The van der Waals surface area contributed by atoms with Crippen molar-refractivity contribution in [2.45, 2.75) is 40.0 Å². The molecule has 0 unspecified atom stereocenters. The Hall–Kier alpha value is -1.57. The number of aromatic nitrogens is 1.